The Hall–Kier alpha value is -2.08. The standard InChI is InChI=1S/C17H23NO5/c1-2-15(23-14-5-3-4-6-14)17(21)18-12-7-9-13(10-8-12)22-11-16(19)20/h7-10,14-15H,2-6,11H2,1H3,(H,18,21)(H,19,20). The lowest BCUT2D eigenvalue weighted by atomic mass is 10.2. The molecule has 1 unspecified atom stereocenters. The Morgan fingerprint density at radius 1 is 1.26 bits per heavy atom. The van der Waals surface area contributed by atoms with Gasteiger partial charge in [0.25, 0.3) is 5.91 Å². The zero-order valence-electron chi connectivity index (χ0n) is 13.3. The summed E-state index contributed by atoms with van der Waals surface area (Å²) >= 11 is 0. The summed E-state index contributed by atoms with van der Waals surface area (Å²) in [6.07, 6.45) is 4.76. The quantitative estimate of drug-likeness (QED) is 0.769. The van der Waals surface area contributed by atoms with Crippen molar-refractivity contribution >= 4 is 17.6 Å². The summed E-state index contributed by atoms with van der Waals surface area (Å²) < 4.78 is 10.9. The monoisotopic (exact) mass is 321 g/mol. The Balaban J connectivity index is 1.86. The van der Waals surface area contributed by atoms with Crippen molar-refractivity contribution in [2.45, 2.75) is 51.2 Å². The molecule has 1 saturated carbocycles. The molecule has 0 heterocycles. The molecule has 1 aliphatic rings. The van der Waals surface area contributed by atoms with Gasteiger partial charge in [-0.3, -0.25) is 4.79 Å². The molecule has 23 heavy (non-hydrogen) atoms. The summed E-state index contributed by atoms with van der Waals surface area (Å²) in [7, 11) is 0. The Morgan fingerprint density at radius 2 is 1.91 bits per heavy atom. The number of rotatable bonds is 8. The highest BCUT2D eigenvalue weighted by Crippen LogP contribution is 2.23. The van der Waals surface area contributed by atoms with Crippen molar-refractivity contribution in [2.75, 3.05) is 11.9 Å². The third kappa shape index (κ3) is 5.56. The second-order valence-corrected chi connectivity index (χ2v) is 5.64. The lowest BCUT2D eigenvalue weighted by molar-refractivity contribution is -0.139. The molecule has 1 aromatic rings. The zero-order chi connectivity index (χ0) is 16.7. The van der Waals surface area contributed by atoms with Crippen LogP contribution in [0.5, 0.6) is 5.75 Å². The van der Waals surface area contributed by atoms with Crippen molar-refractivity contribution in [3.63, 3.8) is 0 Å². The fraction of sp³-hybridized carbons (Fsp3) is 0.529. The average molecular weight is 321 g/mol. The Kier molecular flexibility index (Phi) is 6.40. The molecule has 1 atom stereocenters. The third-order valence-electron chi connectivity index (χ3n) is 3.81. The Bertz CT molecular complexity index is 522. The van der Waals surface area contributed by atoms with Gasteiger partial charge in [-0.1, -0.05) is 19.8 Å². The first kappa shape index (κ1) is 17.3. The van der Waals surface area contributed by atoms with E-state index in [4.69, 9.17) is 14.6 Å². The molecule has 0 saturated heterocycles. The number of hydrogen-bond donors (Lipinski definition) is 2. The van der Waals surface area contributed by atoms with E-state index in [9.17, 15) is 9.59 Å². The van der Waals surface area contributed by atoms with Crippen LogP contribution in [0.1, 0.15) is 39.0 Å². The van der Waals surface area contributed by atoms with Gasteiger partial charge in [0.1, 0.15) is 11.9 Å². The van der Waals surface area contributed by atoms with Gasteiger partial charge in [-0.25, -0.2) is 4.79 Å². The number of nitrogens with one attached hydrogen (secondary N) is 1. The van der Waals surface area contributed by atoms with Crippen LogP contribution in [0.25, 0.3) is 0 Å². The molecule has 1 amide bonds. The van der Waals surface area contributed by atoms with Gasteiger partial charge in [-0.15, -0.1) is 0 Å². The number of aliphatic carboxylic acids is 1. The number of carboxylic acid groups (broad SMARTS) is 1. The van der Waals surface area contributed by atoms with Crippen molar-refractivity contribution in [3.8, 4) is 5.75 Å². The number of carbonyl (C=O) groups is 2. The molecule has 1 aliphatic carbocycles. The second-order valence-electron chi connectivity index (χ2n) is 5.64. The summed E-state index contributed by atoms with van der Waals surface area (Å²) in [4.78, 5) is 22.7. The molecule has 0 spiro atoms. The Morgan fingerprint density at radius 3 is 2.48 bits per heavy atom. The van der Waals surface area contributed by atoms with Crippen LogP contribution in [0.15, 0.2) is 24.3 Å². The summed E-state index contributed by atoms with van der Waals surface area (Å²) in [5.74, 6) is -0.740. The van der Waals surface area contributed by atoms with E-state index < -0.39 is 18.7 Å². The topological polar surface area (TPSA) is 84.9 Å². The van der Waals surface area contributed by atoms with E-state index in [2.05, 4.69) is 5.32 Å². The lowest BCUT2D eigenvalue weighted by Gasteiger charge is -2.20. The first-order chi connectivity index (χ1) is 11.1. The smallest absolute Gasteiger partial charge is 0.341 e. The molecule has 6 nitrogen and oxygen atoms in total. The van der Waals surface area contributed by atoms with Crippen LogP contribution in [0.4, 0.5) is 5.69 Å². The maximum Gasteiger partial charge on any atom is 0.341 e. The first-order valence-corrected chi connectivity index (χ1v) is 7.99. The van der Waals surface area contributed by atoms with Crippen molar-refractivity contribution in [1.82, 2.24) is 0 Å². The summed E-state index contributed by atoms with van der Waals surface area (Å²) in [5, 5.41) is 11.4. The van der Waals surface area contributed by atoms with E-state index in [0.717, 1.165) is 12.8 Å². The van der Waals surface area contributed by atoms with Crippen molar-refractivity contribution < 1.29 is 24.2 Å². The van der Waals surface area contributed by atoms with Crippen LogP contribution < -0.4 is 10.1 Å². The van der Waals surface area contributed by atoms with Gasteiger partial charge >= 0.3 is 5.97 Å². The summed E-state index contributed by atoms with van der Waals surface area (Å²) in [5.41, 5.74) is 0.631. The molecule has 0 bridgehead atoms. The number of hydrogen-bond acceptors (Lipinski definition) is 4. The number of carbonyl (C=O) groups excluding carboxylic acids is 1. The highest BCUT2D eigenvalue weighted by Gasteiger charge is 2.24. The number of benzene rings is 1. The average Bonchev–Trinajstić information content (AvgIpc) is 3.05. The number of carboxylic acids is 1. The fourth-order valence-electron chi connectivity index (χ4n) is 2.60. The summed E-state index contributed by atoms with van der Waals surface area (Å²) in [6.45, 7) is 1.54. The van der Waals surface area contributed by atoms with Gasteiger partial charge in [-0.05, 0) is 43.5 Å². The predicted octanol–water partition coefficient (Wildman–Crippen LogP) is 2.83. The number of amides is 1. The highest BCUT2D eigenvalue weighted by atomic mass is 16.5. The van der Waals surface area contributed by atoms with Gasteiger partial charge < -0.3 is 19.9 Å². The van der Waals surface area contributed by atoms with Crippen molar-refractivity contribution in [1.29, 1.82) is 0 Å². The molecule has 0 aliphatic heterocycles. The van der Waals surface area contributed by atoms with Gasteiger partial charge in [0.15, 0.2) is 6.61 Å². The van der Waals surface area contributed by atoms with E-state index in [1.165, 1.54) is 12.8 Å². The molecule has 1 fully saturated rings. The minimum atomic E-state index is -1.03. The maximum atomic E-state index is 12.3. The van der Waals surface area contributed by atoms with Crippen LogP contribution >= 0.6 is 0 Å². The van der Waals surface area contributed by atoms with E-state index in [-0.39, 0.29) is 12.0 Å². The highest BCUT2D eigenvalue weighted by molar-refractivity contribution is 5.94. The predicted molar refractivity (Wildman–Crippen MR) is 85.6 cm³/mol. The van der Waals surface area contributed by atoms with Crippen LogP contribution in [0.3, 0.4) is 0 Å². The molecule has 6 heteroatoms. The molecule has 0 aromatic heterocycles. The van der Waals surface area contributed by atoms with Crippen molar-refractivity contribution in [2.24, 2.45) is 0 Å². The minimum absolute atomic E-state index is 0.154. The lowest BCUT2D eigenvalue weighted by Crippen LogP contribution is -2.32. The van der Waals surface area contributed by atoms with Crippen molar-refractivity contribution in [3.05, 3.63) is 24.3 Å². The molecular formula is C17H23NO5. The third-order valence-corrected chi connectivity index (χ3v) is 3.81. The van der Waals surface area contributed by atoms with Gasteiger partial charge in [-0.2, -0.15) is 0 Å². The molecule has 126 valence electrons. The van der Waals surface area contributed by atoms with E-state index in [1.807, 2.05) is 6.92 Å². The summed E-state index contributed by atoms with van der Waals surface area (Å²) in [6, 6.07) is 6.60. The zero-order valence-corrected chi connectivity index (χ0v) is 13.3. The van der Waals surface area contributed by atoms with E-state index >= 15 is 0 Å². The van der Waals surface area contributed by atoms with Gasteiger partial charge in [0.05, 0.1) is 6.10 Å². The second kappa shape index (κ2) is 8.53. The molecule has 1 aromatic carbocycles. The molecule has 2 rings (SSSR count). The SMILES string of the molecule is CCC(OC1CCCC1)C(=O)Nc1ccc(OCC(=O)O)cc1. The molecule has 0 radical (unpaired) electrons. The number of anilines is 1. The van der Waals surface area contributed by atoms with Crippen LogP contribution in [-0.2, 0) is 14.3 Å². The minimum Gasteiger partial charge on any atom is -0.482 e. The van der Waals surface area contributed by atoms with Crippen LogP contribution in [0.2, 0.25) is 0 Å². The normalized spacial score (nSPS) is 16.0. The fourth-order valence-corrected chi connectivity index (χ4v) is 2.60. The number of ether oxygens (including phenoxy) is 2. The first-order valence-electron chi connectivity index (χ1n) is 7.99. The van der Waals surface area contributed by atoms with Gasteiger partial charge in [0.2, 0.25) is 0 Å². The maximum absolute atomic E-state index is 12.3. The molecular weight excluding hydrogens is 298 g/mol. The van der Waals surface area contributed by atoms with Crippen LogP contribution in [-0.4, -0.2) is 35.8 Å². The van der Waals surface area contributed by atoms with E-state index in [0.29, 0.717) is 17.9 Å². The van der Waals surface area contributed by atoms with Gasteiger partial charge in [0, 0.05) is 5.69 Å². The van der Waals surface area contributed by atoms with Crippen LogP contribution in [0, 0.1) is 0 Å². The van der Waals surface area contributed by atoms with E-state index in [1.54, 1.807) is 24.3 Å². The largest absolute Gasteiger partial charge is 0.482 e. The Labute approximate surface area is 135 Å². The molecule has 2 N–H and O–H groups in total.